The molecule has 4 rings (SSSR count). The fourth-order valence-electron chi connectivity index (χ4n) is 3.18. The molecule has 1 aliphatic heterocycles. The Morgan fingerprint density at radius 2 is 2.18 bits per heavy atom. The lowest BCUT2D eigenvalue weighted by molar-refractivity contribution is 0.466. The molecule has 0 radical (unpaired) electrons. The van der Waals surface area contributed by atoms with Crippen LogP contribution in [0.4, 0.5) is 0 Å². The van der Waals surface area contributed by atoms with Crippen LogP contribution in [0, 0.1) is 0 Å². The lowest BCUT2D eigenvalue weighted by Crippen LogP contribution is -2.23. The second-order valence-electron chi connectivity index (χ2n) is 5.94. The Morgan fingerprint density at radius 3 is 3.14 bits per heavy atom. The van der Waals surface area contributed by atoms with Crippen LogP contribution in [0.15, 0.2) is 29.6 Å². The summed E-state index contributed by atoms with van der Waals surface area (Å²) < 4.78 is 3.65. The highest BCUT2D eigenvalue weighted by Crippen LogP contribution is 2.26. The molecular weight excluding hydrogens is 292 g/mol. The van der Waals surface area contributed by atoms with Gasteiger partial charge in [0.15, 0.2) is 0 Å². The van der Waals surface area contributed by atoms with E-state index in [2.05, 4.69) is 56.7 Å². The van der Waals surface area contributed by atoms with E-state index in [1.54, 1.807) is 0 Å². The predicted octanol–water partition coefficient (Wildman–Crippen LogP) is 3.68. The van der Waals surface area contributed by atoms with Gasteiger partial charge in [-0.15, -0.1) is 21.5 Å². The van der Waals surface area contributed by atoms with Crippen LogP contribution in [0.1, 0.15) is 43.0 Å². The van der Waals surface area contributed by atoms with Gasteiger partial charge in [-0.2, -0.15) is 0 Å². The molecule has 1 N–H and O–H groups in total. The maximum absolute atomic E-state index is 4.41. The molecule has 22 heavy (non-hydrogen) atoms. The number of aryl methyl sites for hydroxylation is 1. The van der Waals surface area contributed by atoms with Gasteiger partial charge >= 0.3 is 0 Å². The minimum atomic E-state index is 0.220. The minimum Gasteiger partial charge on any atom is -0.314 e. The summed E-state index contributed by atoms with van der Waals surface area (Å²) in [5.74, 6) is 2.23. The van der Waals surface area contributed by atoms with E-state index in [0.29, 0.717) is 0 Å². The molecule has 0 aliphatic carbocycles. The van der Waals surface area contributed by atoms with Crippen LogP contribution in [0.2, 0.25) is 0 Å². The second kappa shape index (κ2) is 5.82. The van der Waals surface area contributed by atoms with Crippen molar-refractivity contribution in [3.05, 3.63) is 46.9 Å². The number of fused-ring (bicyclic) bond motifs is 2. The summed E-state index contributed by atoms with van der Waals surface area (Å²) in [4.78, 5) is 0. The van der Waals surface area contributed by atoms with Crippen molar-refractivity contribution >= 4 is 21.4 Å². The Balaban J connectivity index is 1.50. The number of hydrogen-bond acceptors (Lipinski definition) is 4. The Hall–Kier alpha value is -1.72. The molecule has 4 nitrogen and oxygen atoms in total. The number of aromatic nitrogens is 3. The van der Waals surface area contributed by atoms with E-state index in [1.807, 2.05) is 11.3 Å². The van der Waals surface area contributed by atoms with E-state index in [9.17, 15) is 0 Å². The highest BCUT2D eigenvalue weighted by molar-refractivity contribution is 7.17. The van der Waals surface area contributed by atoms with Gasteiger partial charge in [-0.05, 0) is 42.2 Å². The van der Waals surface area contributed by atoms with Crippen molar-refractivity contribution in [3.8, 4) is 0 Å². The van der Waals surface area contributed by atoms with Gasteiger partial charge in [-0.25, -0.2) is 0 Å². The molecule has 5 heteroatoms. The molecule has 3 aromatic rings. The molecule has 1 aromatic carbocycles. The van der Waals surface area contributed by atoms with Gasteiger partial charge in [0.1, 0.15) is 11.6 Å². The molecule has 0 spiro atoms. The maximum atomic E-state index is 4.41. The first kappa shape index (κ1) is 13.9. The topological polar surface area (TPSA) is 42.7 Å². The molecule has 1 atom stereocenters. The molecule has 1 unspecified atom stereocenters. The Kier molecular flexibility index (Phi) is 3.68. The van der Waals surface area contributed by atoms with Gasteiger partial charge in [-0.3, -0.25) is 0 Å². The summed E-state index contributed by atoms with van der Waals surface area (Å²) in [6, 6.07) is 8.81. The predicted molar refractivity (Wildman–Crippen MR) is 90.0 cm³/mol. The Labute approximate surface area is 134 Å². The normalized spacial score (nSPS) is 15.9. The molecule has 0 fully saturated rings. The number of benzene rings is 1. The minimum absolute atomic E-state index is 0.220. The fraction of sp³-hybridized carbons (Fsp3) is 0.412. The first-order valence-electron chi connectivity index (χ1n) is 7.93. The van der Waals surface area contributed by atoms with Crippen LogP contribution in [0.25, 0.3) is 10.1 Å². The molecule has 0 saturated carbocycles. The lowest BCUT2D eigenvalue weighted by Gasteiger charge is -2.18. The van der Waals surface area contributed by atoms with Gasteiger partial charge in [0.25, 0.3) is 0 Å². The third-order valence-electron chi connectivity index (χ3n) is 4.44. The number of thiophene rings is 1. The van der Waals surface area contributed by atoms with E-state index < -0.39 is 0 Å². The zero-order valence-corrected chi connectivity index (χ0v) is 13.6. The molecule has 1 aliphatic rings. The third-order valence-corrected chi connectivity index (χ3v) is 5.45. The van der Waals surface area contributed by atoms with Crippen molar-refractivity contribution in [3.63, 3.8) is 0 Å². The van der Waals surface area contributed by atoms with Crippen LogP contribution >= 0.6 is 11.3 Å². The number of rotatable bonds is 4. The zero-order valence-electron chi connectivity index (χ0n) is 12.7. The van der Waals surface area contributed by atoms with E-state index in [1.165, 1.54) is 28.5 Å². The van der Waals surface area contributed by atoms with Gasteiger partial charge in [0, 0.05) is 24.2 Å². The fourth-order valence-corrected chi connectivity index (χ4v) is 4.14. The van der Waals surface area contributed by atoms with Gasteiger partial charge in [0.2, 0.25) is 0 Å². The second-order valence-corrected chi connectivity index (χ2v) is 6.85. The highest BCUT2D eigenvalue weighted by atomic mass is 32.1. The van der Waals surface area contributed by atoms with Crippen LogP contribution in [0.5, 0.6) is 0 Å². The number of hydrogen-bond donors (Lipinski definition) is 1. The maximum Gasteiger partial charge on any atom is 0.149 e. The molecule has 114 valence electrons. The van der Waals surface area contributed by atoms with Gasteiger partial charge < -0.3 is 9.88 Å². The molecular formula is C17H20N4S. The van der Waals surface area contributed by atoms with Crippen molar-refractivity contribution in [1.82, 2.24) is 20.1 Å². The van der Waals surface area contributed by atoms with Crippen LogP contribution < -0.4 is 5.32 Å². The van der Waals surface area contributed by atoms with Crippen molar-refractivity contribution < 1.29 is 0 Å². The van der Waals surface area contributed by atoms with Crippen molar-refractivity contribution in [2.24, 2.45) is 0 Å². The molecule has 0 amide bonds. The molecule has 0 saturated heterocycles. The largest absolute Gasteiger partial charge is 0.314 e. The van der Waals surface area contributed by atoms with Crippen LogP contribution in [0.3, 0.4) is 0 Å². The van der Waals surface area contributed by atoms with E-state index in [4.69, 9.17) is 0 Å². The molecule has 0 bridgehead atoms. The average Bonchev–Trinajstić information content (AvgIpc) is 3.17. The lowest BCUT2D eigenvalue weighted by atomic mass is 10.1. The van der Waals surface area contributed by atoms with E-state index in [0.717, 1.165) is 31.2 Å². The smallest absolute Gasteiger partial charge is 0.149 e. The van der Waals surface area contributed by atoms with Crippen molar-refractivity contribution in [2.75, 3.05) is 0 Å². The SMILES string of the molecule is CC(NCc1csc2ccccc12)c1nnc2n1CCCC2. The summed E-state index contributed by atoms with van der Waals surface area (Å²) in [6.45, 7) is 4.11. The first-order valence-corrected chi connectivity index (χ1v) is 8.81. The highest BCUT2D eigenvalue weighted by Gasteiger charge is 2.19. The van der Waals surface area contributed by atoms with Crippen LogP contribution in [-0.2, 0) is 19.5 Å². The third kappa shape index (κ3) is 2.44. The van der Waals surface area contributed by atoms with E-state index in [-0.39, 0.29) is 6.04 Å². The van der Waals surface area contributed by atoms with Gasteiger partial charge in [0.05, 0.1) is 6.04 Å². The van der Waals surface area contributed by atoms with Gasteiger partial charge in [-0.1, -0.05) is 18.2 Å². The van der Waals surface area contributed by atoms with Crippen molar-refractivity contribution in [1.29, 1.82) is 0 Å². The monoisotopic (exact) mass is 312 g/mol. The average molecular weight is 312 g/mol. The standard InChI is InChI=1S/C17H20N4S/c1-12(17-20-19-16-8-4-5-9-21(16)17)18-10-13-11-22-15-7-3-2-6-14(13)15/h2-3,6-7,11-12,18H,4-5,8-10H2,1H3. The zero-order chi connectivity index (χ0) is 14.9. The summed E-state index contributed by atoms with van der Waals surface area (Å²) in [7, 11) is 0. The summed E-state index contributed by atoms with van der Waals surface area (Å²) >= 11 is 1.81. The van der Waals surface area contributed by atoms with Crippen LogP contribution in [-0.4, -0.2) is 14.8 Å². The number of nitrogens with zero attached hydrogens (tertiary/aromatic N) is 3. The summed E-state index contributed by atoms with van der Waals surface area (Å²) in [6.07, 6.45) is 3.54. The quantitative estimate of drug-likeness (QED) is 0.799. The summed E-state index contributed by atoms with van der Waals surface area (Å²) in [5, 5.41) is 16.0. The first-order chi connectivity index (χ1) is 10.8. The summed E-state index contributed by atoms with van der Waals surface area (Å²) in [5.41, 5.74) is 1.37. The molecule has 3 heterocycles. The van der Waals surface area contributed by atoms with Crippen molar-refractivity contribution in [2.45, 2.75) is 45.3 Å². The van der Waals surface area contributed by atoms with E-state index >= 15 is 0 Å². The number of nitrogens with one attached hydrogen (secondary N) is 1. The Morgan fingerprint density at radius 1 is 1.27 bits per heavy atom. The molecule has 2 aromatic heterocycles. The Bertz CT molecular complexity index is 789.